The van der Waals surface area contributed by atoms with Gasteiger partial charge in [0.15, 0.2) is 5.82 Å². The first kappa shape index (κ1) is 5.92. The molecule has 1 aromatic rings. The molecule has 54 valence electrons. The van der Waals surface area contributed by atoms with E-state index in [9.17, 15) is 0 Å². The lowest BCUT2D eigenvalue weighted by atomic mass is 10.4. The molecular weight excluding hydrogens is 126 g/mol. The van der Waals surface area contributed by atoms with Gasteiger partial charge in [-0.3, -0.25) is 0 Å². The highest BCUT2D eigenvalue weighted by Crippen LogP contribution is 1.97. The summed E-state index contributed by atoms with van der Waals surface area (Å²) in [6.45, 7) is 3.14. The SMILES string of the molecule is [CH2-][NH+]1CCn2ccnc2C1. The van der Waals surface area contributed by atoms with Gasteiger partial charge in [0.1, 0.15) is 6.54 Å². The molecule has 2 heterocycles. The van der Waals surface area contributed by atoms with Crippen molar-refractivity contribution in [3.8, 4) is 0 Å². The quantitative estimate of drug-likeness (QED) is 0.459. The highest BCUT2D eigenvalue weighted by atomic mass is 15.2. The van der Waals surface area contributed by atoms with Crippen LogP contribution in [-0.2, 0) is 13.1 Å². The van der Waals surface area contributed by atoms with Crippen LogP contribution in [0.5, 0.6) is 0 Å². The maximum atomic E-state index is 4.21. The molecule has 0 saturated carbocycles. The summed E-state index contributed by atoms with van der Waals surface area (Å²) in [4.78, 5) is 5.51. The van der Waals surface area contributed by atoms with Crippen molar-refractivity contribution in [3.05, 3.63) is 25.3 Å². The van der Waals surface area contributed by atoms with Crippen LogP contribution < -0.4 is 4.90 Å². The Kier molecular flexibility index (Phi) is 1.24. The summed E-state index contributed by atoms with van der Waals surface area (Å²) >= 11 is 0. The largest absolute Gasteiger partial charge is 0.460 e. The molecular formula is C7H11N3. The predicted octanol–water partition coefficient (Wildman–Crippen LogP) is -0.927. The minimum absolute atomic E-state index is 0.965. The summed E-state index contributed by atoms with van der Waals surface area (Å²) in [5.74, 6) is 1.16. The van der Waals surface area contributed by atoms with E-state index in [1.165, 1.54) is 4.90 Å². The molecule has 1 aliphatic heterocycles. The molecule has 0 bridgehead atoms. The summed E-state index contributed by atoms with van der Waals surface area (Å²) in [5.41, 5.74) is 0. The van der Waals surface area contributed by atoms with Crippen molar-refractivity contribution >= 4 is 0 Å². The van der Waals surface area contributed by atoms with Crippen molar-refractivity contribution in [3.63, 3.8) is 0 Å². The second kappa shape index (κ2) is 2.09. The third kappa shape index (κ3) is 0.827. The first-order valence-electron chi connectivity index (χ1n) is 3.53. The van der Waals surface area contributed by atoms with E-state index in [2.05, 4.69) is 16.6 Å². The fourth-order valence-electron chi connectivity index (χ4n) is 1.30. The first-order valence-corrected chi connectivity index (χ1v) is 3.53. The van der Waals surface area contributed by atoms with Crippen molar-refractivity contribution in [2.75, 3.05) is 6.54 Å². The Bertz CT molecular complexity index is 229. The van der Waals surface area contributed by atoms with Gasteiger partial charge in [0.05, 0.1) is 13.1 Å². The number of fused-ring (bicyclic) bond motifs is 1. The molecule has 1 atom stereocenters. The molecule has 3 heteroatoms. The highest BCUT2D eigenvalue weighted by Gasteiger charge is 2.11. The average molecular weight is 137 g/mol. The van der Waals surface area contributed by atoms with Gasteiger partial charge >= 0.3 is 0 Å². The Hall–Kier alpha value is -0.830. The standard InChI is InChI=1S/C7H11N3/c1-9-4-5-10-3-2-8-7(10)6-9/h2-3,9H,1,4-6H2. The summed E-state index contributed by atoms with van der Waals surface area (Å²) in [7, 11) is 3.94. The summed E-state index contributed by atoms with van der Waals surface area (Å²) in [6, 6.07) is 0. The van der Waals surface area contributed by atoms with Crippen LogP contribution >= 0.6 is 0 Å². The predicted molar refractivity (Wildman–Crippen MR) is 37.1 cm³/mol. The van der Waals surface area contributed by atoms with Crippen molar-refractivity contribution in [1.82, 2.24) is 9.55 Å². The Balaban J connectivity index is 2.30. The lowest BCUT2D eigenvalue weighted by Gasteiger charge is -2.25. The van der Waals surface area contributed by atoms with Crippen molar-refractivity contribution in [1.29, 1.82) is 0 Å². The summed E-state index contributed by atoms with van der Waals surface area (Å²) in [5, 5.41) is 0. The lowest BCUT2D eigenvalue weighted by Crippen LogP contribution is -3.06. The zero-order valence-electron chi connectivity index (χ0n) is 5.88. The second-order valence-corrected chi connectivity index (χ2v) is 2.71. The second-order valence-electron chi connectivity index (χ2n) is 2.71. The van der Waals surface area contributed by atoms with Gasteiger partial charge in [-0.2, -0.15) is 7.05 Å². The van der Waals surface area contributed by atoms with Crippen molar-refractivity contribution < 1.29 is 4.90 Å². The number of hydrogen-bond donors (Lipinski definition) is 1. The average Bonchev–Trinajstić information content (AvgIpc) is 2.33. The minimum Gasteiger partial charge on any atom is -0.460 e. The highest BCUT2D eigenvalue weighted by molar-refractivity contribution is 4.91. The maximum absolute atomic E-state index is 4.21. The molecule has 3 nitrogen and oxygen atoms in total. The number of rotatable bonds is 0. The maximum Gasteiger partial charge on any atom is 0.162 e. The van der Waals surface area contributed by atoms with Gasteiger partial charge in [-0.15, -0.1) is 0 Å². The number of quaternary nitrogens is 1. The molecule has 0 fully saturated rings. The van der Waals surface area contributed by atoms with Crippen LogP contribution in [0.25, 0.3) is 0 Å². The van der Waals surface area contributed by atoms with E-state index < -0.39 is 0 Å². The topological polar surface area (TPSA) is 22.3 Å². The van der Waals surface area contributed by atoms with E-state index in [1.807, 2.05) is 12.4 Å². The number of hydrogen-bond acceptors (Lipinski definition) is 1. The van der Waals surface area contributed by atoms with Crippen LogP contribution in [0.3, 0.4) is 0 Å². The van der Waals surface area contributed by atoms with Crippen LogP contribution in [0.1, 0.15) is 5.82 Å². The third-order valence-electron chi connectivity index (χ3n) is 1.92. The number of nitrogens with one attached hydrogen (secondary N) is 1. The molecule has 10 heavy (non-hydrogen) atoms. The van der Waals surface area contributed by atoms with Gasteiger partial charge < -0.3 is 9.47 Å². The zero-order valence-corrected chi connectivity index (χ0v) is 5.88. The molecule has 1 aliphatic rings. The molecule has 0 saturated heterocycles. The number of nitrogens with zero attached hydrogens (tertiary/aromatic N) is 2. The Labute approximate surface area is 60.3 Å². The van der Waals surface area contributed by atoms with E-state index >= 15 is 0 Å². The number of imidazole rings is 1. The number of aromatic nitrogens is 2. The third-order valence-corrected chi connectivity index (χ3v) is 1.92. The van der Waals surface area contributed by atoms with Crippen LogP contribution in [-0.4, -0.2) is 16.1 Å². The summed E-state index contributed by atoms with van der Waals surface area (Å²) in [6.07, 6.45) is 3.88. The molecule has 0 amide bonds. The first-order chi connectivity index (χ1) is 4.86. The molecule has 1 aromatic heterocycles. The van der Waals surface area contributed by atoms with Gasteiger partial charge in [0.2, 0.25) is 0 Å². The van der Waals surface area contributed by atoms with E-state index in [0.717, 1.165) is 25.5 Å². The Morgan fingerprint density at radius 2 is 2.60 bits per heavy atom. The van der Waals surface area contributed by atoms with E-state index in [-0.39, 0.29) is 0 Å². The molecule has 2 rings (SSSR count). The Morgan fingerprint density at radius 3 is 3.50 bits per heavy atom. The Morgan fingerprint density at radius 1 is 1.70 bits per heavy atom. The van der Waals surface area contributed by atoms with Gasteiger partial charge in [-0.25, -0.2) is 4.98 Å². The van der Waals surface area contributed by atoms with Gasteiger partial charge in [0.25, 0.3) is 0 Å². The monoisotopic (exact) mass is 137 g/mol. The minimum atomic E-state index is 0.965. The molecule has 0 spiro atoms. The van der Waals surface area contributed by atoms with E-state index in [4.69, 9.17) is 0 Å². The smallest absolute Gasteiger partial charge is 0.162 e. The van der Waals surface area contributed by atoms with Gasteiger partial charge in [0, 0.05) is 12.4 Å². The molecule has 1 N–H and O–H groups in total. The molecule has 0 aromatic carbocycles. The van der Waals surface area contributed by atoms with Crippen LogP contribution in [0.15, 0.2) is 12.4 Å². The summed E-state index contributed by atoms with van der Waals surface area (Å²) < 4.78 is 2.19. The zero-order chi connectivity index (χ0) is 6.97. The van der Waals surface area contributed by atoms with Crippen LogP contribution in [0, 0.1) is 7.05 Å². The van der Waals surface area contributed by atoms with Crippen LogP contribution in [0.2, 0.25) is 0 Å². The van der Waals surface area contributed by atoms with E-state index in [1.54, 1.807) is 0 Å². The fraction of sp³-hybridized carbons (Fsp3) is 0.429. The lowest BCUT2D eigenvalue weighted by molar-refractivity contribution is -0.873. The van der Waals surface area contributed by atoms with Crippen molar-refractivity contribution in [2.24, 2.45) is 0 Å². The van der Waals surface area contributed by atoms with Gasteiger partial charge in [-0.05, 0) is 0 Å². The normalized spacial score (nSPS) is 24.3. The van der Waals surface area contributed by atoms with E-state index in [0.29, 0.717) is 0 Å². The van der Waals surface area contributed by atoms with Crippen molar-refractivity contribution in [2.45, 2.75) is 13.1 Å². The van der Waals surface area contributed by atoms with Crippen LogP contribution in [0.4, 0.5) is 0 Å². The fourth-order valence-corrected chi connectivity index (χ4v) is 1.30. The molecule has 0 aliphatic carbocycles. The molecule has 1 unspecified atom stereocenters. The molecule has 0 radical (unpaired) electrons. The van der Waals surface area contributed by atoms with Gasteiger partial charge in [-0.1, -0.05) is 0 Å².